The minimum atomic E-state index is -0.870. The van der Waals surface area contributed by atoms with Gasteiger partial charge in [-0.15, -0.1) is 0 Å². The van der Waals surface area contributed by atoms with E-state index in [2.05, 4.69) is 67.8 Å². The first-order valence-corrected chi connectivity index (χ1v) is 21.0. The number of aliphatic hydroxyl groups is 2. The fourth-order valence-electron chi connectivity index (χ4n) is 5.93. The van der Waals surface area contributed by atoms with Gasteiger partial charge in [-0.25, -0.2) is 0 Å². The van der Waals surface area contributed by atoms with Crippen LogP contribution in [-0.4, -0.2) is 34.9 Å². The van der Waals surface area contributed by atoms with Crippen LogP contribution in [0.25, 0.3) is 0 Å². The summed E-state index contributed by atoms with van der Waals surface area (Å²) in [4.78, 5) is 12.3. The van der Waals surface area contributed by atoms with Crippen molar-refractivity contribution in [3.63, 3.8) is 0 Å². The number of allylic oxidation sites excluding steroid dienone is 9. The van der Waals surface area contributed by atoms with Gasteiger partial charge >= 0.3 is 0 Å². The van der Waals surface area contributed by atoms with Crippen molar-refractivity contribution in [2.75, 3.05) is 6.61 Å². The highest BCUT2D eigenvalue weighted by molar-refractivity contribution is 5.76. The van der Waals surface area contributed by atoms with Gasteiger partial charge in [-0.3, -0.25) is 4.79 Å². The number of hydrogen-bond acceptors (Lipinski definition) is 3. The maximum Gasteiger partial charge on any atom is 0.220 e. The van der Waals surface area contributed by atoms with Gasteiger partial charge in [0.25, 0.3) is 0 Å². The van der Waals surface area contributed by atoms with Crippen LogP contribution >= 0.6 is 0 Å². The smallest absolute Gasteiger partial charge is 0.220 e. The second kappa shape index (κ2) is 40.5. The summed E-state index contributed by atoms with van der Waals surface area (Å²) in [6.45, 7) is 4.22. The first-order chi connectivity index (χ1) is 24.2. The summed E-state index contributed by atoms with van der Waals surface area (Å²) in [6.07, 6.45) is 56.1. The molecule has 4 nitrogen and oxygen atoms in total. The van der Waals surface area contributed by atoms with Gasteiger partial charge in [-0.05, 0) is 70.6 Å². The molecule has 4 heteroatoms. The molecule has 0 saturated heterocycles. The van der Waals surface area contributed by atoms with Gasteiger partial charge in [0.05, 0.1) is 18.8 Å². The van der Waals surface area contributed by atoms with Crippen molar-refractivity contribution in [2.45, 2.75) is 212 Å². The van der Waals surface area contributed by atoms with E-state index in [1.165, 1.54) is 135 Å². The average molecular weight is 684 g/mol. The predicted molar refractivity (Wildman–Crippen MR) is 216 cm³/mol. The molecule has 0 aliphatic heterocycles. The number of amides is 1. The molecule has 0 aliphatic carbocycles. The van der Waals surface area contributed by atoms with Crippen LogP contribution in [0, 0.1) is 0 Å². The lowest BCUT2D eigenvalue weighted by Crippen LogP contribution is -2.45. The molecule has 0 aromatic carbocycles. The summed E-state index contributed by atoms with van der Waals surface area (Å²) in [5.74, 6) is -0.0823. The molecule has 0 heterocycles. The largest absolute Gasteiger partial charge is 0.394 e. The van der Waals surface area contributed by atoms with Gasteiger partial charge in [0.15, 0.2) is 0 Å². The molecule has 0 aromatic heterocycles. The zero-order chi connectivity index (χ0) is 35.7. The highest BCUT2D eigenvalue weighted by atomic mass is 16.3. The minimum Gasteiger partial charge on any atom is -0.394 e. The monoisotopic (exact) mass is 684 g/mol. The Kier molecular flexibility index (Phi) is 38.9. The third kappa shape index (κ3) is 37.2. The maximum atomic E-state index is 12.3. The van der Waals surface area contributed by atoms with Gasteiger partial charge in [0.1, 0.15) is 0 Å². The topological polar surface area (TPSA) is 69.6 Å². The quantitative estimate of drug-likeness (QED) is 0.0451. The number of rotatable bonds is 37. The van der Waals surface area contributed by atoms with Gasteiger partial charge < -0.3 is 15.5 Å². The zero-order valence-electron chi connectivity index (χ0n) is 32.4. The van der Waals surface area contributed by atoms with E-state index in [1.807, 2.05) is 6.08 Å². The third-order valence-corrected chi connectivity index (χ3v) is 9.20. The standard InChI is InChI=1S/C45H81NO3/c1-3-5-7-9-11-13-15-17-18-19-20-21-22-23-24-25-26-27-28-29-31-33-35-37-39-41-45(49)46-43(42-47)44(48)40-38-36-34-32-30-16-14-12-10-8-6-4-2/h10,12,15,17,19-20,30,32,38,40,43-44,47-48H,3-9,11,13-14,16,18,21-29,31,33-37,39,41-42H2,1-2H3,(H,46,49)/b12-10+,17-15-,20-19-,32-30+,40-38+. The molecule has 0 aromatic rings. The maximum absolute atomic E-state index is 12.3. The second-order valence-corrected chi connectivity index (χ2v) is 14.0. The molecule has 0 aliphatic rings. The Morgan fingerprint density at radius 1 is 0.490 bits per heavy atom. The molecule has 0 radical (unpaired) electrons. The summed E-state index contributed by atoms with van der Waals surface area (Å²) >= 11 is 0. The molecular weight excluding hydrogens is 602 g/mol. The molecule has 0 fully saturated rings. The lowest BCUT2D eigenvalue weighted by molar-refractivity contribution is -0.123. The van der Waals surface area contributed by atoms with Gasteiger partial charge in [-0.1, -0.05) is 184 Å². The fraction of sp³-hybridized carbons (Fsp3) is 0.756. The first-order valence-electron chi connectivity index (χ1n) is 21.0. The number of carbonyl (C=O) groups excluding carboxylic acids is 1. The van der Waals surface area contributed by atoms with Crippen LogP contribution in [0.2, 0.25) is 0 Å². The molecule has 0 rings (SSSR count). The predicted octanol–water partition coefficient (Wildman–Crippen LogP) is 13.0. The number of nitrogens with one attached hydrogen (secondary N) is 1. The average Bonchev–Trinajstić information content (AvgIpc) is 3.10. The molecule has 0 spiro atoms. The van der Waals surface area contributed by atoms with Crippen molar-refractivity contribution in [1.82, 2.24) is 5.32 Å². The fourth-order valence-corrected chi connectivity index (χ4v) is 5.93. The Bertz CT molecular complexity index is 827. The van der Waals surface area contributed by atoms with E-state index in [1.54, 1.807) is 6.08 Å². The normalized spacial score (nSPS) is 13.6. The summed E-state index contributed by atoms with van der Waals surface area (Å²) < 4.78 is 0. The summed E-state index contributed by atoms with van der Waals surface area (Å²) in [6, 6.07) is -0.645. The van der Waals surface area contributed by atoms with Gasteiger partial charge in [-0.2, -0.15) is 0 Å². The van der Waals surface area contributed by atoms with Crippen molar-refractivity contribution in [2.24, 2.45) is 0 Å². The van der Waals surface area contributed by atoms with Crippen LogP contribution in [0.4, 0.5) is 0 Å². The Balaban J connectivity index is 3.57. The van der Waals surface area contributed by atoms with E-state index >= 15 is 0 Å². The van der Waals surface area contributed by atoms with Crippen molar-refractivity contribution in [1.29, 1.82) is 0 Å². The van der Waals surface area contributed by atoms with Crippen molar-refractivity contribution >= 4 is 5.91 Å². The number of hydrogen-bond donors (Lipinski definition) is 3. The van der Waals surface area contributed by atoms with Crippen LogP contribution in [0.1, 0.15) is 200 Å². The van der Waals surface area contributed by atoms with Crippen LogP contribution in [0.15, 0.2) is 60.8 Å². The molecule has 0 bridgehead atoms. The summed E-state index contributed by atoms with van der Waals surface area (Å²) in [5, 5.41) is 22.9. The van der Waals surface area contributed by atoms with Crippen molar-refractivity contribution in [3.8, 4) is 0 Å². The van der Waals surface area contributed by atoms with E-state index in [0.717, 1.165) is 44.9 Å². The Labute approximate surface area is 305 Å². The first kappa shape index (κ1) is 47.1. The Morgan fingerprint density at radius 2 is 0.878 bits per heavy atom. The number of carbonyl (C=O) groups is 1. The van der Waals surface area contributed by atoms with Crippen molar-refractivity contribution < 1.29 is 15.0 Å². The highest BCUT2D eigenvalue weighted by Gasteiger charge is 2.17. The van der Waals surface area contributed by atoms with Gasteiger partial charge in [0, 0.05) is 6.42 Å². The van der Waals surface area contributed by atoms with E-state index in [-0.39, 0.29) is 12.5 Å². The van der Waals surface area contributed by atoms with E-state index in [4.69, 9.17) is 0 Å². The van der Waals surface area contributed by atoms with Gasteiger partial charge in [0.2, 0.25) is 5.91 Å². The van der Waals surface area contributed by atoms with Crippen LogP contribution in [-0.2, 0) is 4.79 Å². The lowest BCUT2D eigenvalue weighted by atomic mass is 10.0. The van der Waals surface area contributed by atoms with Crippen molar-refractivity contribution in [3.05, 3.63) is 60.8 Å². The van der Waals surface area contributed by atoms with E-state index in [0.29, 0.717) is 6.42 Å². The molecule has 2 unspecified atom stereocenters. The van der Waals surface area contributed by atoms with Crippen LogP contribution in [0.5, 0.6) is 0 Å². The molecule has 1 amide bonds. The molecule has 3 N–H and O–H groups in total. The molecule has 0 saturated carbocycles. The SMILES string of the molecule is CCCC/C=C/CC/C=C/CC/C=C/C(O)C(CO)NC(=O)CCCCCCCCCCCCCCC/C=C\C/C=C\CCCCCCC. The van der Waals surface area contributed by atoms with Crippen LogP contribution in [0.3, 0.4) is 0 Å². The second-order valence-electron chi connectivity index (χ2n) is 14.0. The molecule has 49 heavy (non-hydrogen) atoms. The molecular formula is C45H81NO3. The zero-order valence-corrected chi connectivity index (χ0v) is 32.4. The third-order valence-electron chi connectivity index (χ3n) is 9.20. The Hall–Kier alpha value is -1.91. The minimum absolute atomic E-state index is 0.0823. The number of aliphatic hydroxyl groups excluding tert-OH is 2. The van der Waals surface area contributed by atoms with Crippen LogP contribution < -0.4 is 5.32 Å². The molecule has 284 valence electrons. The summed E-state index contributed by atoms with van der Waals surface area (Å²) in [7, 11) is 0. The number of unbranched alkanes of at least 4 members (excludes halogenated alkanes) is 22. The summed E-state index contributed by atoms with van der Waals surface area (Å²) in [5.41, 5.74) is 0. The lowest BCUT2D eigenvalue weighted by Gasteiger charge is -2.19. The van der Waals surface area contributed by atoms with E-state index < -0.39 is 12.1 Å². The van der Waals surface area contributed by atoms with E-state index in [9.17, 15) is 15.0 Å². The Morgan fingerprint density at radius 3 is 1.37 bits per heavy atom. The highest BCUT2D eigenvalue weighted by Crippen LogP contribution is 2.14. The molecule has 2 atom stereocenters.